The Hall–Kier alpha value is -2.13. The molecule has 0 fully saturated rings. The second kappa shape index (κ2) is 6.17. The van der Waals surface area contributed by atoms with E-state index in [1.165, 1.54) is 12.4 Å². The molecule has 120 valence electrons. The van der Waals surface area contributed by atoms with Crippen LogP contribution >= 0.6 is 22.9 Å². The van der Waals surface area contributed by atoms with Crippen molar-refractivity contribution in [3.05, 3.63) is 40.7 Å². The van der Waals surface area contributed by atoms with Crippen molar-refractivity contribution in [3.8, 4) is 11.4 Å². The van der Waals surface area contributed by atoms with Crippen LogP contribution in [-0.4, -0.2) is 20.1 Å². The average Bonchev–Trinajstić information content (AvgIpc) is 3.19. The van der Waals surface area contributed by atoms with E-state index in [0.717, 1.165) is 4.88 Å². The minimum Gasteiger partial charge on any atom is -0.347 e. The highest BCUT2D eigenvalue weighted by atomic mass is 35.5. The number of hydrogen-bond donors (Lipinski definition) is 1. The Balaban J connectivity index is 1.73. The minimum absolute atomic E-state index is 0.0487. The third kappa shape index (κ3) is 3.62. The van der Waals surface area contributed by atoms with Crippen molar-refractivity contribution in [2.45, 2.75) is 18.3 Å². The van der Waals surface area contributed by atoms with E-state index in [4.69, 9.17) is 11.6 Å². The topological polar surface area (TPSA) is 76.7 Å². The Morgan fingerprint density at radius 1 is 1.35 bits per heavy atom. The molecule has 1 atom stereocenters. The normalized spacial score (nSPS) is 13.0. The monoisotopic (exact) mass is 357 g/mol. The molecule has 3 heterocycles. The number of anilines is 1. The van der Waals surface area contributed by atoms with Crippen molar-refractivity contribution >= 4 is 28.9 Å². The maximum absolute atomic E-state index is 12.9. The lowest BCUT2D eigenvalue weighted by molar-refractivity contribution is 0.0551. The molecule has 3 rings (SSSR count). The molecular formula is C13H10ClF2N5OS. The van der Waals surface area contributed by atoms with Gasteiger partial charge in [0.25, 0.3) is 0 Å². The number of thiophene rings is 1. The Morgan fingerprint density at radius 2 is 2.09 bits per heavy atom. The van der Waals surface area contributed by atoms with Crippen molar-refractivity contribution in [3.63, 3.8) is 0 Å². The molecule has 0 aliphatic carbocycles. The number of aromatic nitrogens is 4. The third-order valence-corrected chi connectivity index (χ3v) is 4.11. The average molecular weight is 358 g/mol. The van der Waals surface area contributed by atoms with E-state index in [1.54, 1.807) is 11.3 Å². The second-order valence-electron chi connectivity index (χ2n) is 4.60. The summed E-state index contributed by atoms with van der Waals surface area (Å²) in [6.45, 7) is 1.98. The summed E-state index contributed by atoms with van der Waals surface area (Å²) in [5.74, 6) is -0.623. The molecule has 1 N–H and O–H groups in total. The third-order valence-electron chi connectivity index (χ3n) is 2.89. The van der Waals surface area contributed by atoms with Crippen LogP contribution < -0.4 is 5.32 Å². The molecule has 0 aromatic carbocycles. The zero-order chi connectivity index (χ0) is 16.4. The van der Waals surface area contributed by atoms with Gasteiger partial charge in [0.05, 0.1) is 11.6 Å². The summed E-state index contributed by atoms with van der Waals surface area (Å²) in [5, 5.41) is 4.85. The summed E-state index contributed by atoms with van der Waals surface area (Å²) in [6.07, 6.45) is 2.83. The fourth-order valence-corrected chi connectivity index (χ4v) is 2.59. The predicted molar refractivity (Wildman–Crippen MR) is 81.4 cm³/mol. The fraction of sp³-hybridized carbons (Fsp3) is 0.231. The van der Waals surface area contributed by atoms with Crippen LogP contribution in [0.4, 0.5) is 14.7 Å². The molecule has 0 radical (unpaired) electrons. The molecule has 0 saturated carbocycles. The van der Waals surface area contributed by atoms with Gasteiger partial charge >= 0.3 is 11.3 Å². The van der Waals surface area contributed by atoms with Crippen molar-refractivity contribution in [2.24, 2.45) is 0 Å². The first-order chi connectivity index (χ1) is 10.9. The van der Waals surface area contributed by atoms with Gasteiger partial charge in [0.2, 0.25) is 11.8 Å². The molecular weight excluding hydrogens is 348 g/mol. The standard InChI is InChI=1S/C13H10ClF2N5OS/c1-7(9-3-2-4-23-9)19-12-17-5-8(6-18-12)10-20-11(22-21-10)13(14,15)16/h2-7H,1H3,(H,17,18,19). The number of rotatable bonds is 5. The Morgan fingerprint density at radius 3 is 2.65 bits per heavy atom. The molecule has 23 heavy (non-hydrogen) atoms. The van der Waals surface area contributed by atoms with E-state index in [-0.39, 0.29) is 11.9 Å². The molecule has 3 aromatic heterocycles. The van der Waals surface area contributed by atoms with E-state index < -0.39 is 11.3 Å². The lowest BCUT2D eigenvalue weighted by atomic mass is 10.3. The number of nitrogens with zero attached hydrogens (tertiary/aromatic N) is 4. The van der Waals surface area contributed by atoms with Crippen LogP contribution in [0.25, 0.3) is 11.4 Å². The fourth-order valence-electron chi connectivity index (χ4n) is 1.78. The first-order valence-electron chi connectivity index (χ1n) is 6.47. The SMILES string of the molecule is CC(Nc1ncc(-c2noc(C(F)(F)Cl)n2)cn1)c1cccs1. The summed E-state index contributed by atoms with van der Waals surface area (Å²) in [6, 6.07) is 4.01. The highest BCUT2D eigenvalue weighted by molar-refractivity contribution is 7.10. The predicted octanol–water partition coefficient (Wildman–Crippen LogP) is 4.05. The van der Waals surface area contributed by atoms with Crippen molar-refractivity contribution in [1.29, 1.82) is 0 Å². The molecule has 10 heteroatoms. The van der Waals surface area contributed by atoms with Gasteiger partial charge in [-0.05, 0) is 30.0 Å². The summed E-state index contributed by atoms with van der Waals surface area (Å²) in [4.78, 5) is 12.9. The summed E-state index contributed by atoms with van der Waals surface area (Å²) in [7, 11) is 0. The van der Waals surface area contributed by atoms with Gasteiger partial charge in [0, 0.05) is 17.3 Å². The molecule has 0 spiro atoms. The zero-order valence-corrected chi connectivity index (χ0v) is 13.3. The van der Waals surface area contributed by atoms with E-state index in [0.29, 0.717) is 11.5 Å². The van der Waals surface area contributed by atoms with E-state index in [9.17, 15) is 8.78 Å². The smallest absolute Gasteiger partial charge is 0.347 e. The second-order valence-corrected chi connectivity index (χ2v) is 6.05. The van der Waals surface area contributed by atoms with Crippen LogP contribution in [0.3, 0.4) is 0 Å². The lowest BCUT2D eigenvalue weighted by Gasteiger charge is -2.11. The molecule has 0 amide bonds. The highest BCUT2D eigenvalue weighted by Gasteiger charge is 2.35. The quantitative estimate of drug-likeness (QED) is 0.694. The van der Waals surface area contributed by atoms with Crippen LogP contribution in [0.1, 0.15) is 23.7 Å². The van der Waals surface area contributed by atoms with Crippen molar-refractivity contribution < 1.29 is 13.3 Å². The van der Waals surface area contributed by atoms with Gasteiger partial charge in [0.1, 0.15) is 0 Å². The number of nitrogens with one attached hydrogen (secondary N) is 1. The van der Waals surface area contributed by atoms with Gasteiger partial charge in [-0.3, -0.25) is 0 Å². The Labute approximate surface area is 138 Å². The maximum atomic E-state index is 12.9. The molecule has 6 nitrogen and oxygen atoms in total. The molecule has 0 aliphatic rings. The van der Waals surface area contributed by atoms with Gasteiger partial charge in [0.15, 0.2) is 0 Å². The molecule has 0 bridgehead atoms. The lowest BCUT2D eigenvalue weighted by Crippen LogP contribution is -2.08. The molecule has 3 aromatic rings. The number of hydrogen-bond acceptors (Lipinski definition) is 7. The number of halogens is 3. The summed E-state index contributed by atoms with van der Waals surface area (Å²) in [5.41, 5.74) is 0.343. The van der Waals surface area contributed by atoms with Gasteiger partial charge in [-0.2, -0.15) is 13.8 Å². The van der Waals surface area contributed by atoms with E-state index >= 15 is 0 Å². The van der Waals surface area contributed by atoms with E-state index in [1.807, 2.05) is 24.4 Å². The largest absolute Gasteiger partial charge is 0.400 e. The zero-order valence-electron chi connectivity index (χ0n) is 11.7. The van der Waals surface area contributed by atoms with Crippen LogP contribution in [0.2, 0.25) is 0 Å². The first-order valence-corrected chi connectivity index (χ1v) is 7.72. The van der Waals surface area contributed by atoms with Gasteiger partial charge in [-0.25, -0.2) is 9.97 Å². The summed E-state index contributed by atoms with van der Waals surface area (Å²) < 4.78 is 30.1. The van der Waals surface area contributed by atoms with Crippen molar-refractivity contribution in [2.75, 3.05) is 5.32 Å². The van der Waals surface area contributed by atoms with Gasteiger partial charge in [-0.1, -0.05) is 11.2 Å². The Kier molecular flexibility index (Phi) is 4.22. The molecule has 0 saturated heterocycles. The summed E-state index contributed by atoms with van der Waals surface area (Å²) >= 11 is 6.44. The van der Waals surface area contributed by atoms with Crippen LogP contribution in [-0.2, 0) is 5.38 Å². The molecule has 1 unspecified atom stereocenters. The Bertz CT molecular complexity index is 773. The van der Waals surface area contributed by atoms with Gasteiger partial charge < -0.3 is 9.84 Å². The number of alkyl halides is 3. The maximum Gasteiger partial charge on any atom is 0.400 e. The molecule has 0 aliphatic heterocycles. The van der Waals surface area contributed by atoms with Crippen LogP contribution in [0, 0.1) is 0 Å². The van der Waals surface area contributed by atoms with E-state index in [2.05, 4.69) is 29.9 Å². The van der Waals surface area contributed by atoms with Gasteiger partial charge in [-0.15, -0.1) is 11.3 Å². The highest BCUT2D eigenvalue weighted by Crippen LogP contribution is 2.32. The van der Waals surface area contributed by atoms with Crippen molar-refractivity contribution in [1.82, 2.24) is 20.1 Å². The minimum atomic E-state index is -3.70. The first kappa shape index (κ1) is 15.8. The van der Waals surface area contributed by atoms with Crippen LogP contribution in [0.15, 0.2) is 34.4 Å². The van der Waals surface area contributed by atoms with Crippen LogP contribution in [0.5, 0.6) is 0 Å².